The summed E-state index contributed by atoms with van der Waals surface area (Å²) in [6.07, 6.45) is 22.4. The van der Waals surface area contributed by atoms with Crippen molar-refractivity contribution in [3.63, 3.8) is 0 Å². The Bertz CT molecular complexity index is 3340. The highest BCUT2D eigenvalue weighted by atomic mass is 32.2. The number of aromatic amines is 1. The molecule has 0 unspecified atom stereocenters. The van der Waals surface area contributed by atoms with Crippen LogP contribution < -0.4 is 61.0 Å². The first-order valence-electron chi connectivity index (χ1n) is 40.8. The first-order valence-corrected chi connectivity index (χ1v) is 42.2. The fourth-order valence-electron chi connectivity index (χ4n) is 13.5. The van der Waals surface area contributed by atoms with Gasteiger partial charge in [0.1, 0.15) is 6.04 Å². The summed E-state index contributed by atoms with van der Waals surface area (Å²) in [4.78, 5) is 156. The lowest BCUT2D eigenvalue weighted by Gasteiger charge is -2.26. The largest absolute Gasteiger partial charge is 0.481 e. The summed E-state index contributed by atoms with van der Waals surface area (Å²) in [5, 5.41) is 45.0. The summed E-state index contributed by atoms with van der Waals surface area (Å²) < 4.78 is 0. The van der Waals surface area contributed by atoms with Crippen LogP contribution in [0.1, 0.15) is 245 Å². The number of nitrogens with zero attached hydrogens (tertiary/aromatic N) is 2. The van der Waals surface area contributed by atoms with Gasteiger partial charge in [0.25, 0.3) is 0 Å². The van der Waals surface area contributed by atoms with Crippen LogP contribution in [0, 0.1) is 35.5 Å². The van der Waals surface area contributed by atoms with E-state index in [0.29, 0.717) is 76.6 Å². The van der Waals surface area contributed by atoms with Crippen LogP contribution in [0.25, 0.3) is 10.9 Å². The lowest BCUT2D eigenvalue weighted by molar-refractivity contribution is -0.142. The van der Waals surface area contributed by atoms with Crippen molar-refractivity contribution >= 4 is 99.1 Å². The Morgan fingerprint density at radius 3 is 1.63 bits per heavy atom. The number of rotatable bonds is 63. The molecule has 0 saturated carbocycles. The third kappa shape index (κ3) is 43.1. The van der Waals surface area contributed by atoms with Crippen molar-refractivity contribution in [2.45, 2.75) is 283 Å². The summed E-state index contributed by atoms with van der Waals surface area (Å²) in [5.74, 6) is -9.53. The predicted octanol–water partition coefficient (Wildman–Crippen LogP) is 7.95. The summed E-state index contributed by atoms with van der Waals surface area (Å²) >= 11 is 1.59. The van der Waals surface area contributed by atoms with Crippen LogP contribution in [0.4, 0.5) is 0 Å². The molecule has 28 nitrogen and oxygen atoms in total. The van der Waals surface area contributed by atoms with E-state index in [1.807, 2.05) is 87.8 Å². The van der Waals surface area contributed by atoms with Crippen LogP contribution in [0.2, 0.25) is 0 Å². The number of carbonyl (C=O) groups excluding carboxylic acids is 10. The number of hydrogen-bond acceptors (Lipinski definition) is 17. The molecule has 0 bridgehead atoms. The summed E-state index contributed by atoms with van der Waals surface area (Å²) in [5.41, 5.74) is 36.2. The number of unbranched alkanes of at least 4 members (excludes halogenated alkanes) is 13. The normalized spacial score (nSPS) is 14.2. The number of carbonyl (C=O) groups is 11. The summed E-state index contributed by atoms with van der Waals surface area (Å²) in [6, 6.07) is 12.7. The smallest absolute Gasteiger partial charge is 0.305 e. The number of thioether (sulfide) groups is 1. The lowest BCUT2D eigenvalue weighted by Crippen LogP contribution is -2.50. The van der Waals surface area contributed by atoms with Gasteiger partial charge in [-0.15, -0.1) is 0 Å². The van der Waals surface area contributed by atoms with Crippen molar-refractivity contribution < 1.29 is 68.1 Å². The average molecular weight is 1590 g/mol. The number of ketones is 4. The number of aromatic nitrogens is 1. The number of hydrogen-bond donors (Lipinski definition) is 15. The number of aliphatic hydroxyl groups excluding tert-OH is 2. The van der Waals surface area contributed by atoms with Gasteiger partial charge in [0, 0.05) is 92.0 Å². The number of carboxylic acids is 1. The van der Waals surface area contributed by atoms with E-state index >= 15 is 0 Å². The molecule has 630 valence electrons. The van der Waals surface area contributed by atoms with Gasteiger partial charge in [-0.1, -0.05) is 167 Å². The van der Waals surface area contributed by atoms with E-state index in [9.17, 15) is 68.1 Å². The van der Waals surface area contributed by atoms with Gasteiger partial charge in [0.05, 0.1) is 43.2 Å². The molecular formula is C83H138N14O14S. The van der Waals surface area contributed by atoms with Gasteiger partial charge in [-0.05, 0) is 132 Å². The molecule has 0 aliphatic heterocycles. The van der Waals surface area contributed by atoms with Crippen molar-refractivity contribution in [1.29, 1.82) is 0 Å². The molecule has 29 heteroatoms. The number of nitrogens with one attached hydrogen (secondary N) is 6. The molecule has 3 aromatic rings. The van der Waals surface area contributed by atoms with Crippen LogP contribution in [-0.4, -0.2) is 171 Å². The number of aliphatic imine (C=N–C) groups is 2. The molecule has 3 rings (SSSR count). The molecule has 6 amide bonds. The summed E-state index contributed by atoms with van der Waals surface area (Å²) in [6.45, 7) is 11.2. The van der Waals surface area contributed by atoms with Crippen LogP contribution in [0.15, 0.2) is 70.8 Å². The zero-order valence-electron chi connectivity index (χ0n) is 68.0. The minimum Gasteiger partial charge on any atom is -0.481 e. The Labute approximate surface area is 668 Å². The maximum atomic E-state index is 14.3. The zero-order valence-corrected chi connectivity index (χ0v) is 68.8. The van der Waals surface area contributed by atoms with E-state index in [1.165, 1.54) is 58.3 Å². The second-order valence-electron chi connectivity index (χ2n) is 30.3. The number of H-pyrrole nitrogens is 1. The number of guanidine groups is 2. The number of para-hydroxylation sites is 1. The number of benzene rings is 2. The molecule has 11 atom stereocenters. The Kier molecular flexibility index (Phi) is 52.2. The maximum absolute atomic E-state index is 14.3. The standard InChI is InChI=1S/C43H78N6O10.C40H60N8O4S/c1-6-8-9-10-11-12-13-14-15-16-17-18-19-22-39(55)47-35(28-50)38(54)26-32(30(5)51)42(59)49-34(27-40(56)57)37(53)25-31(21-20-23-46-43(44)45)41(58)48-33(24-29(3)4)36(52)7-2;1-27(11-10-21-45-40(43)44)38(51)47-32(14-8-9-20-41)18-17-29(24-31-26-46-34-16-7-6-15-33(31)34)39(52)48-35(19-22-53-2)36(49)25-30(37(42)50)23-28-12-4-3-5-13-28/h29-35,50-51H,6-28H2,1-5H3,(H,47,55)(H,48,58)(H,49,59)(H,56,57)(H4,44,45,46);3-7,12-13,15-16,26-27,29-30,32,35,46H,8-11,14,17-25,41H2,1-2H3,(H2,42,50)(H,47,51)(H,48,52)(H4,43,44,45)/t30-,31-,32+,33+,34+,35+;27-,29-,30+,32-,35-/m10/s1. The molecule has 1 aromatic heterocycles. The van der Waals surface area contributed by atoms with Gasteiger partial charge in [-0.3, -0.25) is 62.7 Å². The third-order valence-corrected chi connectivity index (χ3v) is 20.8. The van der Waals surface area contributed by atoms with Crippen molar-refractivity contribution in [2.24, 2.45) is 79.9 Å². The minimum atomic E-state index is -1.64. The van der Waals surface area contributed by atoms with Crippen LogP contribution in [0.3, 0.4) is 0 Å². The summed E-state index contributed by atoms with van der Waals surface area (Å²) in [7, 11) is 0. The molecule has 0 spiro atoms. The Morgan fingerprint density at radius 1 is 0.518 bits per heavy atom. The van der Waals surface area contributed by atoms with Crippen LogP contribution >= 0.6 is 11.8 Å². The average Bonchev–Trinajstić information content (AvgIpc) is 1.62. The lowest BCUT2D eigenvalue weighted by atomic mass is 9.89. The van der Waals surface area contributed by atoms with E-state index in [4.69, 9.17) is 34.4 Å². The molecule has 21 N–H and O–H groups in total. The van der Waals surface area contributed by atoms with Gasteiger partial charge in [0.15, 0.2) is 35.1 Å². The first-order chi connectivity index (χ1) is 53.5. The highest BCUT2D eigenvalue weighted by Crippen LogP contribution is 2.27. The highest BCUT2D eigenvalue weighted by Gasteiger charge is 2.37. The SMILES string of the molecule is CCCCCCCCCCCCCCCC(=O)N[C@@H](CO)C(=O)C[C@H](C(=O)N[C@@H](CC(=O)O)C(=O)C[C@@H](CCCN=C(N)N)C(=O)N[C@@H](CC(C)C)C(=O)CC)[C@@H](C)O.CSCC[C@H](NC(=O)[C@@H](CC[C@H](CCCCN)NC(=O)[C@@H](C)CCCN=C(N)N)Cc1c[nH]c2ccccc12)C(=O)C[C@@H](Cc1ccccc1)C(N)=O. The van der Waals surface area contributed by atoms with Gasteiger partial charge < -0.3 is 81.3 Å². The van der Waals surface area contributed by atoms with Crippen molar-refractivity contribution in [3.8, 4) is 0 Å². The number of fused-ring (bicyclic) bond motifs is 1. The third-order valence-electron chi connectivity index (χ3n) is 20.2. The minimum absolute atomic E-state index is 0.0335. The molecule has 0 fully saturated rings. The van der Waals surface area contributed by atoms with Crippen molar-refractivity contribution in [1.82, 2.24) is 31.6 Å². The number of amides is 6. The topological polar surface area (TPSA) is 505 Å². The Morgan fingerprint density at radius 2 is 1.07 bits per heavy atom. The van der Waals surface area contributed by atoms with E-state index in [-0.39, 0.29) is 91.8 Å². The number of nitrogens with two attached hydrogens (primary N) is 6. The molecule has 0 aliphatic rings. The zero-order chi connectivity index (χ0) is 83.3. The molecule has 0 saturated heterocycles. The predicted molar refractivity (Wildman–Crippen MR) is 444 cm³/mol. The number of primary amides is 1. The van der Waals surface area contributed by atoms with Crippen LogP contribution in [-0.2, 0) is 65.6 Å². The van der Waals surface area contributed by atoms with Gasteiger partial charge in [-0.25, -0.2) is 0 Å². The number of aliphatic carboxylic acids is 1. The second-order valence-corrected chi connectivity index (χ2v) is 31.3. The molecule has 1 heterocycles. The first kappa shape index (κ1) is 99.8. The number of carboxylic acid groups (broad SMARTS) is 1. The van der Waals surface area contributed by atoms with Crippen LogP contribution in [0.5, 0.6) is 0 Å². The van der Waals surface area contributed by atoms with Gasteiger partial charge >= 0.3 is 5.97 Å². The van der Waals surface area contributed by atoms with Gasteiger partial charge in [0.2, 0.25) is 35.4 Å². The monoisotopic (exact) mass is 1590 g/mol. The molecule has 0 aliphatic carbocycles. The maximum Gasteiger partial charge on any atom is 0.305 e. The number of Topliss-reactive ketones (excluding diaryl/α,β-unsaturated/α-hetero) is 4. The van der Waals surface area contributed by atoms with Crippen molar-refractivity contribution in [3.05, 3.63) is 71.9 Å². The van der Waals surface area contributed by atoms with E-state index in [2.05, 4.69) is 48.5 Å². The van der Waals surface area contributed by atoms with E-state index in [1.54, 1.807) is 18.7 Å². The molecule has 0 radical (unpaired) electrons. The quantitative estimate of drug-likeness (QED) is 0.0145. The highest BCUT2D eigenvalue weighted by molar-refractivity contribution is 7.98. The second kappa shape index (κ2) is 58.6. The Balaban J connectivity index is 0.000000763. The molecular weight excluding hydrogens is 1450 g/mol. The Hall–Kier alpha value is -8.28. The van der Waals surface area contributed by atoms with E-state index in [0.717, 1.165) is 67.0 Å². The van der Waals surface area contributed by atoms with Crippen molar-refractivity contribution in [2.75, 3.05) is 38.2 Å². The van der Waals surface area contributed by atoms with Gasteiger partial charge in [-0.2, -0.15) is 11.8 Å². The number of aliphatic hydroxyl groups is 2. The van der Waals surface area contributed by atoms with E-state index < -0.39 is 121 Å². The fraction of sp³-hybridized carbons (Fsp3) is 0.675. The molecule has 2 aromatic carbocycles. The fourth-order valence-corrected chi connectivity index (χ4v) is 13.9. The molecule has 112 heavy (non-hydrogen) atoms.